The number of amides is 1. The van der Waals surface area contributed by atoms with Crippen molar-refractivity contribution >= 4 is 23.3 Å². The van der Waals surface area contributed by atoms with Crippen LogP contribution in [0.3, 0.4) is 0 Å². The lowest BCUT2D eigenvalue weighted by Crippen LogP contribution is -2.51. The summed E-state index contributed by atoms with van der Waals surface area (Å²) >= 11 is 0. The van der Waals surface area contributed by atoms with Crippen LogP contribution >= 0.6 is 0 Å². The van der Waals surface area contributed by atoms with Crippen molar-refractivity contribution in [2.75, 3.05) is 5.32 Å². The number of alkyl halides is 3. The number of ether oxygens (including phenoxy) is 1. The van der Waals surface area contributed by atoms with E-state index in [-0.39, 0.29) is 0 Å². The topological polar surface area (TPSA) is 98.5 Å². The molecule has 4 bridgehead atoms. The quantitative estimate of drug-likeness (QED) is 0.407. The van der Waals surface area contributed by atoms with Crippen LogP contribution in [0.5, 0.6) is 0 Å². The van der Waals surface area contributed by atoms with Crippen LogP contribution in [-0.2, 0) is 20.5 Å². The van der Waals surface area contributed by atoms with Gasteiger partial charge in [0, 0.05) is 12.1 Å². The van der Waals surface area contributed by atoms with Crippen LogP contribution in [0.2, 0.25) is 0 Å². The van der Waals surface area contributed by atoms with Gasteiger partial charge in [-0.15, -0.1) is 0 Å². The van der Waals surface area contributed by atoms with Crippen molar-refractivity contribution in [3.05, 3.63) is 33.9 Å². The van der Waals surface area contributed by atoms with Gasteiger partial charge in [0.25, 0.3) is 11.6 Å². The maximum Gasteiger partial charge on any atom is 0.418 e. The van der Waals surface area contributed by atoms with Crippen LogP contribution in [0.25, 0.3) is 0 Å². The fourth-order valence-electron chi connectivity index (χ4n) is 5.92. The first-order valence-electron chi connectivity index (χ1n) is 10.3. The third-order valence-electron chi connectivity index (χ3n) is 6.90. The Hall–Kier alpha value is -2.65. The van der Waals surface area contributed by atoms with Gasteiger partial charge in [-0.2, -0.15) is 13.2 Å². The number of nitro benzene ring substituents is 1. The third-order valence-corrected chi connectivity index (χ3v) is 6.90. The maximum absolute atomic E-state index is 13.3. The first kappa shape index (κ1) is 21.6. The minimum Gasteiger partial charge on any atom is -0.452 e. The number of nitrogens with zero attached hydrogens (tertiary/aromatic N) is 1. The molecule has 0 spiro atoms. The van der Waals surface area contributed by atoms with Gasteiger partial charge in [-0.25, -0.2) is 0 Å². The molecule has 1 atom stereocenters. The molecule has 1 amide bonds. The van der Waals surface area contributed by atoms with Crippen LogP contribution in [0.15, 0.2) is 18.2 Å². The van der Waals surface area contributed by atoms with Gasteiger partial charge < -0.3 is 10.1 Å². The Morgan fingerprint density at radius 1 is 1.16 bits per heavy atom. The van der Waals surface area contributed by atoms with E-state index in [1.54, 1.807) is 0 Å². The highest BCUT2D eigenvalue weighted by molar-refractivity contribution is 5.96. The van der Waals surface area contributed by atoms with Gasteiger partial charge in [0.2, 0.25) is 0 Å². The highest BCUT2D eigenvalue weighted by atomic mass is 19.4. The molecule has 0 radical (unpaired) electrons. The fraction of sp³-hybridized carbons (Fsp3) is 0.619. The first-order chi connectivity index (χ1) is 14.5. The largest absolute Gasteiger partial charge is 0.452 e. The maximum atomic E-state index is 13.3. The van der Waals surface area contributed by atoms with Crippen LogP contribution in [-0.4, -0.2) is 22.9 Å². The molecule has 4 fully saturated rings. The lowest BCUT2D eigenvalue weighted by Gasteiger charge is -2.55. The van der Waals surface area contributed by atoms with Crippen molar-refractivity contribution in [2.45, 2.75) is 57.7 Å². The normalized spacial score (nSPS) is 30.0. The molecule has 0 aliphatic heterocycles. The number of rotatable bonds is 5. The van der Waals surface area contributed by atoms with E-state index in [0.717, 1.165) is 50.7 Å². The van der Waals surface area contributed by atoms with Gasteiger partial charge in [0.1, 0.15) is 0 Å². The molecule has 1 aromatic rings. The summed E-state index contributed by atoms with van der Waals surface area (Å²) in [6, 6.07) is 2.06. The second-order valence-electron chi connectivity index (χ2n) is 9.22. The van der Waals surface area contributed by atoms with Gasteiger partial charge in [0.15, 0.2) is 6.10 Å². The molecule has 1 unspecified atom stereocenters. The number of hydrogen-bond acceptors (Lipinski definition) is 5. The van der Waals surface area contributed by atoms with Crippen LogP contribution in [0, 0.1) is 33.3 Å². The molecule has 7 nitrogen and oxygen atoms in total. The summed E-state index contributed by atoms with van der Waals surface area (Å²) in [5, 5.41) is 12.9. The molecule has 0 aromatic heterocycles. The predicted molar refractivity (Wildman–Crippen MR) is 103 cm³/mol. The zero-order valence-electron chi connectivity index (χ0n) is 16.9. The number of nitrogens with one attached hydrogen (secondary N) is 1. The third kappa shape index (κ3) is 4.12. The molecule has 4 saturated carbocycles. The number of halogens is 3. The summed E-state index contributed by atoms with van der Waals surface area (Å²) in [6.45, 7) is 1.31. The fourth-order valence-corrected chi connectivity index (χ4v) is 5.92. The van der Waals surface area contributed by atoms with Gasteiger partial charge in [-0.3, -0.25) is 19.7 Å². The molecule has 0 heterocycles. The van der Waals surface area contributed by atoms with Crippen LogP contribution in [0.4, 0.5) is 24.5 Å². The Labute approximate surface area is 176 Å². The molecule has 168 valence electrons. The van der Waals surface area contributed by atoms with Crippen molar-refractivity contribution in [3.63, 3.8) is 0 Å². The monoisotopic (exact) mass is 440 g/mol. The van der Waals surface area contributed by atoms with Crippen molar-refractivity contribution in [2.24, 2.45) is 23.2 Å². The van der Waals surface area contributed by atoms with Gasteiger partial charge >= 0.3 is 12.1 Å². The average molecular weight is 440 g/mol. The molecule has 10 heteroatoms. The Morgan fingerprint density at radius 3 is 2.19 bits per heavy atom. The summed E-state index contributed by atoms with van der Waals surface area (Å²) in [5.74, 6) is 0.124. The number of non-ortho nitro benzene ring substituents is 1. The SMILES string of the molecule is CC(OC(=O)C12CC3CC(CC(C3)C1)C2)C(=O)Nc1ccc([N+](=O)[O-])cc1C(F)(F)F. The lowest BCUT2D eigenvalue weighted by atomic mass is 9.49. The second kappa shape index (κ2) is 7.49. The van der Waals surface area contributed by atoms with Crippen molar-refractivity contribution in [1.29, 1.82) is 0 Å². The van der Waals surface area contributed by atoms with Crippen LogP contribution < -0.4 is 5.32 Å². The molecular formula is C21H23F3N2O5. The van der Waals surface area contributed by atoms with E-state index in [4.69, 9.17) is 4.74 Å². The number of hydrogen-bond donors (Lipinski definition) is 1. The van der Waals surface area contributed by atoms with Gasteiger partial charge in [0.05, 0.1) is 21.6 Å². The van der Waals surface area contributed by atoms with Crippen molar-refractivity contribution < 1.29 is 32.4 Å². The Bertz CT molecular complexity index is 895. The minimum atomic E-state index is -4.91. The number of carbonyl (C=O) groups excluding carboxylic acids is 2. The standard InChI is InChI=1S/C21H23F3N2O5/c1-11(31-19(28)20-8-12-4-13(9-20)6-14(5-12)10-20)18(27)25-17-3-2-15(26(29)30)7-16(17)21(22,23)24/h2-3,7,11-14H,4-6,8-10H2,1H3,(H,25,27). The number of nitro groups is 1. The van der Waals surface area contributed by atoms with Gasteiger partial charge in [-0.1, -0.05) is 0 Å². The molecule has 4 aliphatic carbocycles. The van der Waals surface area contributed by atoms with E-state index in [0.29, 0.717) is 23.8 Å². The zero-order valence-corrected chi connectivity index (χ0v) is 16.9. The van der Waals surface area contributed by atoms with E-state index in [1.807, 2.05) is 0 Å². The van der Waals surface area contributed by atoms with E-state index in [2.05, 4.69) is 5.32 Å². The summed E-state index contributed by atoms with van der Waals surface area (Å²) in [4.78, 5) is 35.3. The number of anilines is 1. The highest BCUT2D eigenvalue weighted by Gasteiger charge is 2.55. The summed E-state index contributed by atoms with van der Waals surface area (Å²) in [7, 11) is 0. The summed E-state index contributed by atoms with van der Waals surface area (Å²) in [5.41, 5.74) is -3.30. The van der Waals surface area contributed by atoms with E-state index >= 15 is 0 Å². The zero-order chi connectivity index (χ0) is 22.6. The molecule has 1 aromatic carbocycles. The Kier molecular flexibility index (Phi) is 5.21. The van der Waals surface area contributed by atoms with E-state index in [9.17, 15) is 32.9 Å². The Morgan fingerprint density at radius 2 is 1.71 bits per heavy atom. The molecule has 0 saturated heterocycles. The van der Waals surface area contributed by atoms with Crippen molar-refractivity contribution in [1.82, 2.24) is 0 Å². The number of carbonyl (C=O) groups is 2. The number of benzene rings is 1. The van der Waals surface area contributed by atoms with Crippen LogP contribution in [0.1, 0.15) is 51.0 Å². The predicted octanol–water partition coefficient (Wildman–Crippen LogP) is 4.70. The molecule has 4 aliphatic rings. The highest BCUT2D eigenvalue weighted by Crippen LogP contribution is 2.60. The van der Waals surface area contributed by atoms with Gasteiger partial charge in [-0.05, 0) is 69.3 Å². The number of esters is 1. The molecule has 31 heavy (non-hydrogen) atoms. The lowest BCUT2D eigenvalue weighted by molar-refractivity contribution is -0.385. The molecule has 5 rings (SSSR count). The minimum absolute atomic E-state index is 0.363. The molecule has 1 N–H and O–H groups in total. The van der Waals surface area contributed by atoms with E-state index < -0.39 is 51.4 Å². The average Bonchev–Trinajstić information content (AvgIpc) is 2.66. The van der Waals surface area contributed by atoms with Crippen molar-refractivity contribution in [3.8, 4) is 0 Å². The Balaban J connectivity index is 1.46. The summed E-state index contributed by atoms with van der Waals surface area (Å²) in [6.07, 6.45) is -0.591. The first-order valence-corrected chi connectivity index (χ1v) is 10.3. The summed E-state index contributed by atoms with van der Waals surface area (Å²) < 4.78 is 45.4. The molecular weight excluding hydrogens is 417 g/mol. The smallest absolute Gasteiger partial charge is 0.418 e. The second-order valence-corrected chi connectivity index (χ2v) is 9.22. The van der Waals surface area contributed by atoms with E-state index in [1.165, 1.54) is 6.92 Å².